The van der Waals surface area contributed by atoms with E-state index in [4.69, 9.17) is 4.42 Å². The van der Waals surface area contributed by atoms with Gasteiger partial charge in [-0.2, -0.15) is 0 Å². The van der Waals surface area contributed by atoms with E-state index in [1.165, 1.54) is 10.6 Å². The molecule has 0 saturated heterocycles. The van der Waals surface area contributed by atoms with Gasteiger partial charge in [-0.1, -0.05) is 50.2 Å². The van der Waals surface area contributed by atoms with Gasteiger partial charge in [0.2, 0.25) is 5.91 Å². The van der Waals surface area contributed by atoms with Gasteiger partial charge in [0, 0.05) is 18.4 Å². The summed E-state index contributed by atoms with van der Waals surface area (Å²) in [5.74, 6) is -0.265. The van der Waals surface area contributed by atoms with Crippen molar-refractivity contribution in [1.29, 1.82) is 0 Å². The van der Waals surface area contributed by atoms with Gasteiger partial charge < -0.3 is 14.7 Å². The molecule has 1 amide bonds. The van der Waals surface area contributed by atoms with Crippen LogP contribution in [0.25, 0.3) is 11.1 Å². The maximum Gasteiger partial charge on any atom is 0.420 e. The molecular formula is C25H26N4O4. The fourth-order valence-corrected chi connectivity index (χ4v) is 3.76. The molecule has 8 nitrogen and oxygen atoms in total. The van der Waals surface area contributed by atoms with Crippen molar-refractivity contribution in [3.8, 4) is 0 Å². The molecule has 0 bridgehead atoms. The molecule has 0 unspecified atom stereocenters. The second-order valence-corrected chi connectivity index (χ2v) is 8.44. The Hall–Kier alpha value is -3.94. The van der Waals surface area contributed by atoms with Gasteiger partial charge in [-0.25, -0.2) is 9.78 Å². The first-order valence-electron chi connectivity index (χ1n) is 10.8. The second-order valence-electron chi connectivity index (χ2n) is 8.44. The summed E-state index contributed by atoms with van der Waals surface area (Å²) in [6, 6.07) is 15.9. The third kappa shape index (κ3) is 5.11. The molecule has 0 aliphatic rings. The molecule has 0 aliphatic carbocycles. The number of aromatic nitrogens is 3. The number of H-pyrrole nitrogens is 1. The highest BCUT2D eigenvalue weighted by Gasteiger charge is 2.19. The summed E-state index contributed by atoms with van der Waals surface area (Å²) in [4.78, 5) is 44.8. The standard InChI is InChI=1S/C25H26N4O4/c1-15(2)24-26-18(13-22(30)28-24)12-19(17-7-5-4-6-8-17)27-23(31)14-29-20-11-16(3)9-10-21(20)33-25(29)32/h4-11,13,15,19H,12,14H2,1-3H3,(H,27,31)(H,26,28,30)/t19-/m1/s1. The summed E-state index contributed by atoms with van der Waals surface area (Å²) in [6.45, 7) is 5.63. The lowest BCUT2D eigenvalue weighted by atomic mass is 10.0. The maximum absolute atomic E-state index is 13.0. The molecule has 0 fully saturated rings. The summed E-state index contributed by atoms with van der Waals surface area (Å²) in [5.41, 5.74) is 3.20. The van der Waals surface area contributed by atoms with E-state index in [0.717, 1.165) is 11.1 Å². The Kier molecular flexibility index (Phi) is 6.26. The minimum absolute atomic E-state index is 0.0621. The number of amides is 1. The molecule has 2 heterocycles. The second kappa shape index (κ2) is 9.28. The van der Waals surface area contributed by atoms with E-state index >= 15 is 0 Å². The van der Waals surface area contributed by atoms with Crippen molar-refractivity contribution >= 4 is 17.0 Å². The molecule has 33 heavy (non-hydrogen) atoms. The Balaban J connectivity index is 1.61. The number of rotatable bonds is 7. The Morgan fingerprint density at radius 2 is 1.88 bits per heavy atom. The van der Waals surface area contributed by atoms with E-state index in [1.807, 2.05) is 63.2 Å². The molecule has 2 aromatic heterocycles. The maximum atomic E-state index is 13.0. The van der Waals surface area contributed by atoms with Gasteiger partial charge in [-0.15, -0.1) is 0 Å². The number of hydrogen-bond acceptors (Lipinski definition) is 5. The van der Waals surface area contributed by atoms with Crippen molar-refractivity contribution in [1.82, 2.24) is 19.9 Å². The van der Waals surface area contributed by atoms with Crippen molar-refractivity contribution < 1.29 is 9.21 Å². The van der Waals surface area contributed by atoms with Crippen LogP contribution in [-0.2, 0) is 17.8 Å². The summed E-state index contributed by atoms with van der Waals surface area (Å²) >= 11 is 0. The zero-order chi connectivity index (χ0) is 23.5. The van der Waals surface area contributed by atoms with E-state index in [0.29, 0.717) is 29.0 Å². The molecule has 4 rings (SSSR count). The lowest BCUT2D eigenvalue weighted by Crippen LogP contribution is -2.35. The summed E-state index contributed by atoms with van der Waals surface area (Å²) in [5, 5.41) is 3.00. The molecule has 8 heteroatoms. The Morgan fingerprint density at radius 3 is 2.61 bits per heavy atom. The highest BCUT2D eigenvalue weighted by molar-refractivity contribution is 5.80. The number of carbonyl (C=O) groups is 1. The normalized spacial score (nSPS) is 12.2. The number of benzene rings is 2. The van der Waals surface area contributed by atoms with Crippen molar-refractivity contribution in [3.63, 3.8) is 0 Å². The van der Waals surface area contributed by atoms with Gasteiger partial charge in [0.15, 0.2) is 5.58 Å². The third-order valence-corrected chi connectivity index (χ3v) is 5.43. The Bertz CT molecular complexity index is 1400. The SMILES string of the molecule is Cc1ccc2oc(=O)n(CC(=O)N[C@H](Cc3cc(=O)[nH]c(C(C)C)n3)c3ccccc3)c2c1. The molecule has 2 N–H and O–H groups in total. The highest BCUT2D eigenvalue weighted by atomic mass is 16.4. The monoisotopic (exact) mass is 446 g/mol. The highest BCUT2D eigenvalue weighted by Crippen LogP contribution is 2.19. The summed E-state index contributed by atoms with van der Waals surface area (Å²) in [6.07, 6.45) is 0.333. The smallest absolute Gasteiger partial charge is 0.408 e. The van der Waals surface area contributed by atoms with Crippen LogP contribution in [0.1, 0.15) is 48.5 Å². The number of nitrogens with zero attached hydrogens (tertiary/aromatic N) is 2. The first kappa shape index (κ1) is 22.3. The molecule has 1 atom stereocenters. The fraction of sp³-hybridized carbons (Fsp3) is 0.280. The fourth-order valence-electron chi connectivity index (χ4n) is 3.76. The molecular weight excluding hydrogens is 420 g/mol. The van der Waals surface area contributed by atoms with E-state index in [-0.39, 0.29) is 23.9 Å². The van der Waals surface area contributed by atoms with Gasteiger partial charge in [0.1, 0.15) is 12.4 Å². The first-order chi connectivity index (χ1) is 15.8. The molecule has 170 valence electrons. The molecule has 0 aliphatic heterocycles. The largest absolute Gasteiger partial charge is 0.420 e. The van der Waals surface area contributed by atoms with Crippen LogP contribution in [0.15, 0.2) is 68.6 Å². The lowest BCUT2D eigenvalue weighted by molar-refractivity contribution is -0.122. The van der Waals surface area contributed by atoms with Crippen molar-refractivity contribution in [2.24, 2.45) is 0 Å². The Labute approximate surface area is 190 Å². The van der Waals surface area contributed by atoms with Crippen molar-refractivity contribution in [2.75, 3.05) is 0 Å². The Morgan fingerprint density at radius 1 is 1.12 bits per heavy atom. The van der Waals surface area contributed by atoms with Gasteiger partial charge in [-0.05, 0) is 30.2 Å². The minimum Gasteiger partial charge on any atom is -0.408 e. The summed E-state index contributed by atoms with van der Waals surface area (Å²) < 4.78 is 6.59. The topological polar surface area (TPSA) is 110 Å². The number of aromatic amines is 1. The van der Waals surface area contributed by atoms with Crippen LogP contribution in [-0.4, -0.2) is 20.4 Å². The molecule has 4 aromatic rings. The number of carbonyl (C=O) groups excluding carboxylic acids is 1. The van der Waals surface area contributed by atoms with Gasteiger partial charge in [0.25, 0.3) is 5.56 Å². The van der Waals surface area contributed by atoms with Crippen molar-refractivity contribution in [2.45, 2.75) is 45.7 Å². The van der Waals surface area contributed by atoms with E-state index in [9.17, 15) is 14.4 Å². The number of fused-ring (bicyclic) bond motifs is 1. The molecule has 2 aromatic carbocycles. The quantitative estimate of drug-likeness (QED) is 0.453. The van der Waals surface area contributed by atoms with Crippen LogP contribution in [0.4, 0.5) is 0 Å². The average molecular weight is 447 g/mol. The van der Waals surface area contributed by atoms with Crippen LogP contribution < -0.4 is 16.6 Å². The van der Waals surface area contributed by atoms with Gasteiger partial charge in [0.05, 0.1) is 17.3 Å². The number of aryl methyl sites for hydroxylation is 1. The average Bonchev–Trinajstić information content (AvgIpc) is 3.08. The van der Waals surface area contributed by atoms with Gasteiger partial charge >= 0.3 is 5.76 Å². The van der Waals surface area contributed by atoms with E-state index in [1.54, 1.807) is 6.07 Å². The number of hydrogen-bond donors (Lipinski definition) is 2. The van der Waals surface area contributed by atoms with Crippen LogP contribution in [0.5, 0.6) is 0 Å². The predicted molar refractivity (Wildman–Crippen MR) is 125 cm³/mol. The molecule has 0 radical (unpaired) electrons. The van der Waals surface area contributed by atoms with E-state index in [2.05, 4.69) is 15.3 Å². The summed E-state index contributed by atoms with van der Waals surface area (Å²) in [7, 11) is 0. The lowest BCUT2D eigenvalue weighted by Gasteiger charge is -2.19. The number of nitrogens with one attached hydrogen (secondary N) is 2. The van der Waals surface area contributed by atoms with Crippen LogP contribution in [0.2, 0.25) is 0 Å². The molecule has 0 spiro atoms. The minimum atomic E-state index is -0.583. The van der Waals surface area contributed by atoms with Gasteiger partial charge in [-0.3, -0.25) is 14.2 Å². The van der Waals surface area contributed by atoms with Crippen LogP contribution in [0, 0.1) is 6.92 Å². The van der Waals surface area contributed by atoms with E-state index < -0.39 is 11.8 Å². The van der Waals surface area contributed by atoms with Crippen molar-refractivity contribution in [3.05, 3.63) is 98.1 Å². The predicted octanol–water partition coefficient (Wildman–Crippen LogP) is 3.21. The van der Waals surface area contributed by atoms with Crippen LogP contribution >= 0.6 is 0 Å². The number of oxazole rings is 1. The van der Waals surface area contributed by atoms with Crippen LogP contribution in [0.3, 0.4) is 0 Å². The molecule has 0 saturated carbocycles. The first-order valence-corrected chi connectivity index (χ1v) is 10.8. The zero-order valence-corrected chi connectivity index (χ0v) is 18.8. The third-order valence-electron chi connectivity index (χ3n) is 5.43. The zero-order valence-electron chi connectivity index (χ0n) is 18.8.